The van der Waals surface area contributed by atoms with Gasteiger partial charge in [0, 0.05) is 24.5 Å². The van der Waals surface area contributed by atoms with Crippen molar-refractivity contribution in [3.8, 4) is 0 Å². The molecule has 1 aliphatic carbocycles. The van der Waals surface area contributed by atoms with E-state index in [4.69, 9.17) is 6.58 Å². The average Bonchev–Trinajstić information content (AvgIpc) is 3.10. The minimum Gasteiger partial charge on any atom is -1.00 e. The monoisotopic (exact) mass is 569 g/mol. The van der Waals surface area contributed by atoms with Crippen molar-refractivity contribution in [2.75, 3.05) is 22.9 Å². The van der Waals surface area contributed by atoms with Crippen LogP contribution in [0.25, 0.3) is 0 Å². The van der Waals surface area contributed by atoms with E-state index < -0.39 is 0 Å². The molecule has 177 valence electrons. The summed E-state index contributed by atoms with van der Waals surface area (Å²) in [5.74, 6) is 0. The van der Waals surface area contributed by atoms with Gasteiger partial charge in [0.25, 0.3) is 0 Å². The van der Waals surface area contributed by atoms with Crippen molar-refractivity contribution in [1.82, 2.24) is 0 Å². The summed E-state index contributed by atoms with van der Waals surface area (Å²) in [4.78, 5) is 4.81. The van der Waals surface area contributed by atoms with Crippen LogP contribution in [0.15, 0.2) is 54.1 Å². The molecule has 0 amide bonds. The number of anilines is 2. The normalized spacial score (nSPS) is 13.8. The molecule has 0 saturated carbocycles. The van der Waals surface area contributed by atoms with Gasteiger partial charge in [-0.05, 0) is 69.4 Å². The second-order valence-corrected chi connectivity index (χ2v) is 8.41. The Kier molecular flexibility index (Phi) is 13.1. The van der Waals surface area contributed by atoms with Gasteiger partial charge in [-0.1, -0.05) is 42.0 Å². The van der Waals surface area contributed by atoms with Crippen LogP contribution in [-0.2, 0) is 19.5 Å². The first kappa shape index (κ1) is 31.2. The summed E-state index contributed by atoms with van der Waals surface area (Å²) in [7, 11) is 0. The van der Waals surface area contributed by atoms with Gasteiger partial charge in [-0.3, -0.25) is 0 Å². The van der Waals surface area contributed by atoms with Crippen LogP contribution in [0.4, 0.5) is 11.4 Å². The van der Waals surface area contributed by atoms with Crippen LogP contribution in [0, 0.1) is 61.2 Å². The van der Waals surface area contributed by atoms with Crippen LogP contribution in [0.1, 0.15) is 33.4 Å². The Balaban J connectivity index is 0.000000886. The van der Waals surface area contributed by atoms with Gasteiger partial charge in [0.15, 0.2) is 0 Å². The molecule has 0 aromatic heterocycles. The minimum absolute atomic E-state index is 0. The van der Waals surface area contributed by atoms with Crippen LogP contribution in [0.3, 0.4) is 0 Å². The molecule has 4 rings (SSSR count). The van der Waals surface area contributed by atoms with Crippen molar-refractivity contribution < 1.29 is 44.3 Å². The van der Waals surface area contributed by atoms with Gasteiger partial charge >= 0.3 is 19.5 Å². The van der Waals surface area contributed by atoms with E-state index in [1.54, 1.807) is 0 Å². The predicted molar refractivity (Wildman–Crippen MR) is 131 cm³/mol. The SMILES string of the molecule is Cc1cc(C)c(N2[CH]N(c3c(C)cc(C)cc3C)CC2)c(C)c1.[CH+]=C1C=C[CH-]C=C1.[Cl-].[Cl-].[Ru+2]. The molecule has 2 aliphatic rings. The molecule has 0 unspecified atom stereocenters. The number of nitrogens with zero attached hydrogens (tertiary/aromatic N) is 2. The van der Waals surface area contributed by atoms with Gasteiger partial charge in [0.1, 0.15) is 6.67 Å². The van der Waals surface area contributed by atoms with E-state index in [9.17, 15) is 0 Å². The second-order valence-electron chi connectivity index (χ2n) is 8.41. The standard InChI is InChI=1S/C21H27N2.C7H6.2ClH.Ru/c1-14-9-16(3)20(17(4)10-14)22-7-8-23(13-22)21-18(5)11-15(2)12-19(21)6;1-7-5-3-2-4-6-7;;;/h9-13H,7-8H2,1-6H3;1-6H;2*1H;/q;;;;+2/p-2. The van der Waals surface area contributed by atoms with Gasteiger partial charge in [0.2, 0.25) is 0 Å². The molecule has 2 aromatic carbocycles. The summed E-state index contributed by atoms with van der Waals surface area (Å²) in [6, 6.07) is 9.12. The molecular weight excluding hydrogens is 536 g/mol. The van der Waals surface area contributed by atoms with Crippen LogP contribution in [0.2, 0.25) is 0 Å². The molecule has 5 heteroatoms. The summed E-state index contributed by atoms with van der Waals surface area (Å²) in [5.41, 5.74) is 11.7. The zero-order chi connectivity index (χ0) is 21.8. The third-order valence-electron chi connectivity index (χ3n) is 5.51. The van der Waals surface area contributed by atoms with Gasteiger partial charge in [-0.2, -0.15) is 18.6 Å². The topological polar surface area (TPSA) is 6.48 Å². The number of allylic oxidation sites excluding steroid dienone is 5. The molecule has 1 saturated heterocycles. The zero-order valence-corrected chi connectivity index (χ0v) is 23.5. The smallest absolute Gasteiger partial charge is 1.00 e. The molecular formula is C28H33Cl2N2Ru. The van der Waals surface area contributed by atoms with E-state index in [0.29, 0.717) is 0 Å². The van der Waals surface area contributed by atoms with Crippen molar-refractivity contribution in [2.24, 2.45) is 0 Å². The zero-order valence-electron chi connectivity index (χ0n) is 20.3. The summed E-state index contributed by atoms with van der Waals surface area (Å²) < 4.78 is 0. The Hall–Kier alpha value is -1.76. The first-order valence-corrected chi connectivity index (χ1v) is 10.6. The fourth-order valence-corrected chi connectivity index (χ4v) is 4.54. The summed E-state index contributed by atoms with van der Waals surface area (Å²) in [5, 5.41) is 0. The molecule has 0 bridgehead atoms. The Morgan fingerprint density at radius 3 is 1.27 bits per heavy atom. The van der Waals surface area contributed by atoms with Gasteiger partial charge in [0.05, 0.1) is 0 Å². The van der Waals surface area contributed by atoms with Crippen molar-refractivity contribution in [1.29, 1.82) is 0 Å². The molecule has 33 heavy (non-hydrogen) atoms. The fourth-order valence-electron chi connectivity index (χ4n) is 4.54. The summed E-state index contributed by atoms with van der Waals surface area (Å²) in [6.45, 7) is 22.9. The number of hydrogen-bond acceptors (Lipinski definition) is 2. The maximum absolute atomic E-state index is 5.36. The molecule has 2 aromatic rings. The van der Waals surface area contributed by atoms with E-state index in [1.807, 2.05) is 30.7 Å². The van der Waals surface area contributed by atoms with Gasteiger partial charge < -0.3 is 34.6 Å². The second kappa shape index (κ2) is 13.8. The molecule has 2 nitrogen and oxygen atoms in total. The maximum atomic E-state index is 5.36. The molecule has 1 aliphatic heterocycles. The van der Waals surface area contributed by atoms with Crippen LogP contribution in [-0.4, -0.2) is 13.1 Å². The first-order chi connectivity index (χ1) is 14.3. The Morgan fingerprint density at radius 2 is 1.00 bits per heavy atom. The quantitative estimate of drug-likeness (QED) is 0.388. The van der Waals surface area contributed by atoms with Gasteiger partial charge in [-0.25, -0.2) is 0 Å². The predicted octanol–water partition coefficient (Wildman–Crippen LogP) is 0.665. The minimum atomic E-state index is 0. The molecule has 1 radical (unpaired) electrons. The average molecular weight is 570 g/mol. The van der Waals surface area contributed by atoms with E-state index in [2.05, 4.69) is 82.3 Å². The van der Waals surface area contributed by atoms with E-state index in [0.717, 1.165) is 18.7 Å². The Bertz CT molecular complexity index is 887. The van der Waals surface area contributed by atoms with Crippen molar-refractivity contribution in [3.05, 3.63) is 107 Å². The Labute approximate surface area is 226 Å². The molecule has 0 spiro atoms. The fraction of sp³-hybridized carbons (Fsp3) is 0.286. The number of aryl methyl sites for hydroxylation is 6. The third kappa shape index (κ3) is 7.91. The number of halogens is 2. The summed E-state index contributed by atoms with van der Waals surface area (Å²) in [6.07, 6.45) is 9.49. The van der Waals surface area contributed by atoms with Crippen molar-refractivity contribution >= 4 is 11.4 Å². The van der Waals surface area contributed by atoms with Crippen molar-refractivity contribution in [2.45, 2.75) is 41.5 Å². The third-order valence-corrected chi connectivity index (χ3v) is 5.51. The first-order valence-electron chi connectivity index (χ1n) is 10.6. The van der Waals surface area contributed by atoms with Crippen LogP contribution >= 0.6 is 0 Å². The summed E-state index contributed by atoms with van der Waals surface area (Å²) >= 11 is 0. The number of benzene rings is 2. The Morgan fingerprint density at radius 1 is 0.667 bits per heavy atom. The maximum Gasteiger partial charge on any atom is 2.00 e. The largest absolute Gasteiger partial charge is 2.00 e. The molecule has 0 atom stereocenters. The number of hydrogen-bond donors (Lipinski definition) is 0. The van der Waals surface area contributed by atoms with Crippen LogP contribution in [0.5, 0.6) is 0 Å². The van der Waals surface area contributed by atoms with E-state index in [-0.39, 0.29) is 44.3 Å². The molecule has 1 fully saturated rings. The van der Waals surface area contributed by atoms with Gasteiger partial charge in [-0.15, -0.1) is 12.2 Å². The molecule has 0 N–H and O–H groups in total. The van der Waals surface area contributed by atoms with Crippen molar-refractivity contribution in [3.63, 3.8) is 0 Å². The van der Waals surface area contributed by atoms with E-state index >= 15 is 0 Å². The molecule has 1 heterocycles. The number of rotatable bonds is 2. The van der Waals surface area contributed by atoms with E-state index in [1.165, 1.54) is 44.8 Å². The van der Waals surface area contributed by atoms with Crippen LogP contribution < -0.4 is 34.6 Å².